The first-order valence-electron chi connectivity index (χ1n) is 13.6. The lowest BCUT2D eigenvalue weighted by molar-refractivity contribution is -0.123. The summed E-state index contributed by atoms with van der Waals surface area (Å²) in [6.07, 6.45) is 1.05. The standard InChI is InChI=1S/C28H30N2O2/c29-27(31)28(23-7-3-1-4-8-23,24-9-5-2-6-10-24)25-14-17-30(20-25)16-13-21-11-12-26-22(19-21)15-18-32-26/h1-12,19,25H,13-18,20H2,(H2,29,31)/t25-/m1/s1/i11D,12D,18D2,19D. The molecule has 0 aliphatic carbocycles. The minimum atomic E-state index is -1.96. The first-order valence-corrected chi connectivity index (χ1v) is 11.1. The average Bonchev–Trinajstić information content (AvgIpc) is 3.48. The van der Waals surface area contributed by atoms with Crippen molar-refractivity contribution in [2.45, 2.75) is 24.7 Å². The second-order valence-corrected chi connectivity index (χ2v) is 8.52. The molecule has 3 aromatic carbocycles. The molecule has 4 heteroatoms. The van der Waals surface area contributed by atoms with Crippen LogP contribution in [0.3, 0.4) is 0 Å². The van der Waals surface area contributed by atoms with Gasteiger partial charge in [-0.15, -0.1) is 0 Å². The molecular weight excluding hydrogens is 396 g/mol. The number of primary amides is 1. The van der Waals surface area contributed by atoms with E-state index in [2.05, 4.69) is 4.90 Å². The van der Waals surface area contributed by atoms with Gasteiger partial charge in [-0.3, -0.25) is 4.79 Å². The van der Waals surface area contributed by atoms with Crippen molar-refractivity contribution in [1.82, 2.24) is 4.90 Å². The SMILES string of the molecule is [2H]c1c([2H])c2c(c([2H])c1CCN1CC[C@@H](C(C(N)=O)(c3ccccc3)c3ccccc3)C1)CC([2H])([2H])O2. The predicted molar refractivity (Wildman–Crippen MR) is 127 cm³/mol. The highest BCUT2D eigenvalue weighted by atomic mass is 16.5. The summed E-state index contributed by atoms with van der Waals surface area (Å²) in [4.78, 5) is 15.5. The molecule has 1 fully saturated rings. The Morgan fingerprint density at radius 3 is 2.47 bits per heavy atom. The minimum Gasteiger partial charge on any atom is -0.493 e. The predicted octanol–water partition coefficient (Wildman–Crippen LogP) is 3.96. The molecular formula is C28H30N2O2. The van der Waals surface area contributed by atoms with Crippen LogP contribution < -0.4 is 10.5 Å². The van der Waals surface area contributed by atoms with Crippen LogP contribution in [0.5, 0.6) is 5.75 Å². The summed E-state index contributed by atoms with van der Waals surface area (Å²) < 4.78 is 46.3. The van der Waals surface area contributed by atoms with Gasteiger partial charge in [0.05, 0.1) is 13.4 Å². The van der Waals surface area contributed by atoms with E-state index in [0.29, 0.717) is 30.6 Å². The van der Waals surface area contributed by atoms with E-state index >= 15 is 0 Å². The first-order chi connectivity index (χ1) is 17.6. The average molecular weight is 432 g/mol. The second kappa shape index (κ2) is 8.79. The molecule has 0 unspecified atom stereocenters. The second-order valence-electron chi connectivity index (χ2n) is 8.52. The van der Waals surface area contributed by atoms with Crippen LogP contribution in [0, 0.1) is 5.92 Å². The van der Waals surface area contributed by atoms with Crippen molar-refractivity contribution in [1.29, 1.82) is 0 Å². The maximum absolute atomic E-state index is 13.3. The number of nitrogens with zero attached hydrogens (tertiary/aromatic N) is 1. The number of hydrogen-bond acceptors (Lipinski definition) is 3. The number of benzene rings is 3. The Kier molecular flexibility index (Phi) is 4.30. The zero-order chi connectivity index (χ0) is 26.4. The molecule has 1 amide bonds. The van der Waals surface area contributed by atoms with E-state index in [4.69, 9.17) is 17.3 Å². The maximum atomic E-state index is 13.3. The van der Waals surface area contributed by atoms with E-state index in [1.165, 1.54) is 0 Å². The molecule has 0 saturated carbocycles. The zero-order valence-corrected chi connectivity index (χ0v) is 17.9. The van der Waals surface area contributed by atoms with Crippen molar-refractivity contribution in [3.05, 3.63) is 101 Å². The van der Waals surface area contributed by atoms with Gasteiger partial charge in [0, 0.05) is 19.5 Å². The third kappa shape index (κ3) is 3.69. The lowest BCUT2D eigenvalue weighted by Gasteiger charge is -2.37. The number of carbonyl (C=O) groups is 1. The van der Waals surface area contributed by atoms with Crippen LogP contribution in [0.1, 0.15) is 35.5 Å². The maximum Gasteiger partial charge on any atom is 0.232 e. The van der Waals surface area contributed by atoms with E-state index in [0.717, 1.165) is 24.1 Å². The molecule has 4 nitrogen and oxygen atoms in total. The molecule has 2 aliphatic heterocycles. The van der Waals surface area contributed by atoms with Crippen LogP contribution in [0.4, 0.5) is 0 Å². The summed E-state index contributed by atoms with van der Waals surface area (Å²) in [5.41, 5.74) is 7.74. The topological polar surface area (TPSA) is 55.6 Å². The van der Waals surface area contributed by atoms with Gasteiger partial charge in [-0.2, -0.15) is 0 Å². The number of nitrogens with two attached hydrogens (primary N) is 1. The molecule has 0 aromatic heterocycles. The lowest BCUT2D eigenvalue weighted by Crippen LogP contribution is -2.49. The molecule has 0 bridgehead atoms. The monoisotopic (exact) mass is 431 g/mol. The number of likely N-dealkylation sites (tertiary alicyclic amines) is 1. The summed E-state index contributed by atoms with van der Waals surface area (Å²) in [6.45, 7) is -0.0467. The van der Waals surface area contributed by atoms with Gasteiger partial charge in [0.25, 0.3) is 0 Å². The fourth-order valence-corrected chi connectivity index (χ4v) is 5.18. The van der Waals surface area contributed by atoms with Gasteiger partial charge in [-0.05, 0) is 53.6 Å². The van der Waals surface area contributed by atoms with Crippen molar-refractivity contribution >= 4 is 5.91 Å². The number of ether oxygens (including phenoxy) is 1. The van der Waals surface area contributed by atoms with E-state index in [9.17, 15) is 4.79 Å². The van der Waals surface area contributed by atoms with E-state index in [1.807, 2.05) is 60.7 Å². The molecule has 1 atom stereocenters. The molecule has 1 saturated heterocycles. The van der Waals surface area contributed by atoms with Crippen molar-refractivity contribution in [2.24, 2.45) is 11.7 Å². The van der Waals surface area contributed by atoms with E-state index in [1.54, 1.807) is 0 Å². The number of amides is 1. The molecule has 164 valence electrons. The summed E-state index contributed by atoms with van der Waals surface area (Å²) >= 11 is 0. The van der Waals surface area contributed by atoms with Gasteiger partial charge in [-0.25, -0.2) is 0 Å². The molecule has 2 aliphatic rings. The summed E-state index contributed by atoms with van der Waals surface area (Å²) in [6, 6.07) is 19.2. The van der Waals surface area contributed by atoms with Crippen LogP contribution >= 0.6 is 0 Å². The molecule has 0 spiro atoms. The van der Waals surface area contributed by atoms with Gasteiger partial charge >= 0.3 is 0 Å². The van der Waals surface area contributed by atoms with Gasteiger partial charge in [0.2, 0.25) is 5.91 Å². The smallest absolute Gasteiger partial charge is 0.232 e. The Labute approximate surface area is 197 Å². The van der Waals surface area contributed by atoms with Gasteiger partial charge in [-0.1, -0.05) is 72.7 Å². The first kappa shape index (κ1) is 15.7. The van der Waals surface area contributed by atoms with Gasteiger partial charge < -0.3 is 15.4 Å². The van der Waals surface area contributed by atoms with E-state index < -0.39 is 12.0 Å². The Hall–Kier alpha value is -3.11. The molecule has 3 aromatic rings. The van der Waals surface area contributed by atoms with Crippen molar-refractivity contribution < 1.29 is 16.4 Å². The largest absolute Gasteiger partial charge is 0.493 e. The molecule has 5 rings (SSSR count). The summed E-state index contributed by atoms with van der Waals surface area (Å²) in [5, 5.41) is 0. The fourth-order valence-electron chi connectivity index (χ4n) is 5.18. The van der Waals surface area contributed by atoms with Crippen LogP contribution in [0.2, 0.25) is 0 Å². The number of rotatable bonds is 7. The minimum absolute atomic E-state index is 0.0157. The molecule has 2 N–H and O–H groups in total. The highest BCUT2D eigenvalue weighted by molar-refractivity contribution is 5.91. The highest BCUT2D eigenvalue weighted by Gasteiger charge is 2.49. The van der Waals surface area contributed by atoms with Crippen molar-refractivity contribution in [3.63, 3.8) is 0 Å². The lowest BCUT2D eigenvalue weighted by atomic mass is 9.64. The number of hydrogen-bond donors (Lipinski definition) is 1. The summed E-state index contributed by atoms with van der Waals surface area (Å²) in [5.74, 6) is -0.430. The third-order valence-corrected chi connectivity index (χ3v) is 6.74. The van der Waals surface area contributed by atoms with Gasteiger partial charge in [0.15, 0.2) is 0 Å². The normalized spacial score (nSPS) is 22.1. The molecule has 32 heavy (non-hydrogen) atoms. The van der Waals surface area contributed by atoms with Gasteiger partial charge in [0.1, 0.15) is 11.2 Å². The summed E-state index contributed by atoms with van der Waals surface area (Å²) in [7, 11) is 0. The Bertz CT molecular complexity index is 1280. The van der Waals surface area contributed by atoms with E-state index in [-0.39, 0.29) is 42.1 Å². The van der Waals surface area contributed by atoms with Crippen LogP contribution in [-0.4, -0.2) is 37.0 Å². The Balaban J connectivity index is 1.41. The quantitative estimate of drug-likeness (QED) is 0.616. The van der Waals surface area contributed by atoms with Crippen LogP contribution in [-0.2, 0) is 23.1 Å². The van der Waals surface area contributed by atoms with Crippen molar-refractivity contribution in [2.75, 3.05) is 26.2 Å². The number of fused-ring (bicyclic) bond motifs is 1. The Morgan fingerprint density at radius 1 is 1.12 bits per heavy atom. The third-order valence-electron chi connectivity index (χ3n) is 6.74. The molecule has 0 radical (unpaired) electrons. The van der Waals surface area contributed by atoms with Crippen molar-refractivity contribution in [3.8, 4) is 5.75 Å². The zero-order valence-electron chi connectivity index (χ0n) is 22.9. The molecule has 2 heterocycles. The van der Waals surface area contributed by atoms with Crippen LogP contribution in [0.25, 0.3) is 0 Å². The highest BCUT2D eigenvalue weighted by Crippen LogP contribution is 2.43. The fraction of sp³-hybridized carbons (Fsp3) is 0.321. The Morgan fingerprint density at radius 2 is 1.81 bits per heavy atom. The number of carbonyl (C=O) groups excluding carboxylic acids is 1. The van der Waals surface area contributed by atoms with Crippen LogP contribution in [0.15, 0.2) is 78.8 Å².